The van der Waals surface area contributed by atoms with E-state index in [1.807, 2.05) is 12.1 Å². The van der Waals surface area contributed by atoms with Crippen LogP contribution in [0.15, 0.2) is 18.2 Å². The molecule has 2 atom stereocenters. The fraction of sp³-hybridized carbons (Fsp3) is 0.647. The zero-order chi connectivity index (χ0) is 15.1. The smallest absolute Gasteiger partial charge is 0.0640 e. The summed E-state index contributed by atoms with van der Waals surface area (Å²) in [6, 6.07) is 6.17. The fourth-order valence-electron chi connectivity index (χ4n) is 2.90. The van der Waals surface area contributed by atoms with E-state index < -0.39 is 0 Å². The van der Waals surface area contributed by atoms with Gasteiger partial charge in [-0.2, -0.15) is 0 Å². The second-order valence-electron chi connectivity index (χ2n) is 5.72. The molecule has 21 heavy (non-hydrogen) atoms. The van der Waals surface area contributed by atoms with Crippen molar-refractivity contribution in [1.82, 2.24) is 5.32 Å². The standard InChI is InChI=1S/C17H25Cl2NO/c1-2-11-20-16(10-3-6-13-7-5-12-21-13)14-8-4-9-15(18)17(14)19/h4,8-9,13,16,20H,2-3,5-7,10-12H2,1H3. The van der Waals surface area contributed by atoms with Crippen molar-refractivity contribution in [2.24, 2.45) is 0 Å². The lowest BCUT2D eigenvalue weighted by molar-refractivity contribution is 0.101. The zero-order valence-corrected chi connectivity index (χ0v) is 14.2. The van der Waals surface area contributed by atoms with Gasteiger partial charge < -0.3 is 10.1 Å². The average Bonchev–Trinajstić information content (AvgIpc) is 2.99. The van der Waals surface area contributed by atoms with Gasteiger partial charge in [0.05, 0.1) is 16.1 Å². The number of nitrogens with one attached hydrogen (secondary N) is 1. The largest absolute Gasteiger partial charge is 0.378 e. The molecule has 2 nitrogen and oxygen atoms in total. The molecule has 2 unspecified atom stereocenters. The highest BCUT2D eigenvalue weighted by Crippen LogP contribution is 2.32. The van der Waals surface area contributed by atoms with Crippen LogP contribution >= 0.6 is 23.2 Å². The molecule has 1 aromatic rings. The van der Waals surface area contributed by atoms with E-state index in [-0.39, 0.29) is 6.04 Å². The van der Waals surface area contributed by atoms with Crippen LogP contribution in [0.25, 0.3) is 0 Å². The number of ether oxygens (including phenoxy) is 1. The van der Waals surface area contributed by atoms with Crippen molar-refractivity contribution >= 4 is 23.2 Å². The van der Waals surface area contributed by atoms with Crippen LogP contribution in [0.3, 0.4) is 0 Å². The van der Waals surface area contributed by atoms with Gasteiger partial charge in [-0.25, -0.2) is 0 Å². The highest BCUT2D eigenvalue weighted by atomic mass is 35.5. The number of hydrogen-bond acceptors (Lipinski definition) is 2. The lowest BCUT2D eigenvalue weighted by Gasteiger charge is -2.21. The van der Waals surface area contributed by atoms with Crippen LogP contribution in [0, 0.1) is 0 Å². The predicted octanol–water partition coefficient (Wildman–Crippen LogP) is 5.38. The molecule has 1 fully saturated rings. The van der Waals surface area contributed by atoms with Crippen LogP contribution in [-0.4, -0.2) is 19.3 Å². The molecule has 0 saturated carbocycles. The van der Waals surface area contributed by atoms with Crippen LogP contribution in [0.4, 0.5) is 0 Å². The summed E-state index contributed by atoms with van der Waals surface area (Å²) in [5.74, 6) is 0. The maximum absolute atomic E-state index is 6.38. The minimum atomic E-state index is 0.276. The van der Waals surface area contributed by atoms with Gasteiger partial charge in [0.15, 0.2) is 0 Å². The first kappa shape index (κ1) is 17.1. The topological polar surface area (TPSA) is 21.3 Å². The maximum Gasteiger partial charge on any atom is 0.0640 e. The van der Waals surface area contributed by atoms with Gasteiger partial charge in [0.1, 0.15) is 0 Å². The SMILES string of the molecule is CCCNC(CCCC1CCCO1)c1cccc(Cl)c1Cl. The van der Waals surface area contributed by atoms with E-state index in [4.69, 9.17) is 27.9 Å². The summed E-state index contributed by atoms with van der Waals surface area (Å²) in [7, 11) is 0. The van der Waals surface area contributed by atoms with Gasteiger partial charge in [-0.05, 0) is 56.7 Å². The molecule has 1 aliphatic rings. The van der Waals surface area contributed by atoms with E-state index in [2.05, 4.69) is 18.3 Å². The molecule has 1 heterocycles. The molecule has 0 bridgehead atoms. The summed E-state index contributed by atoms with van der Waals surface area (Å²) in [5.41, 5.74) is 1.12. The van der Waals surface area contributed by atoms with Gasteiger partial charge in [0, 0.05) is 12.6 Å². The highest BCUT2D eigenvalue weighted by molar-refractivity contribution is 6.42. The summed E-state index contributed by atoms with van der Waals surface area (Å²) in [4.78, 5) is 0. The minimum absolute atomic E-state index is 0.276. The third-order valence-electron chi connectivity index (χ3n) is 4.04. The van der Waals surface area contributed by atoms with E-state index in [1.165, 1.54) is 12.8 Å². The Morgan fingerprint density at radius 3 is 2.95 bits per heavy atom. The summed E-state index contributed by atoms with van der Waals surface area (Å²) in [5, 5.41) is 4.92. The monoisotopic (exact) mass is 329 g/mol. The highest BCUT2D eigenvalue weighted by Gasteiger charge is 2.18. The predicted molar refractivity (Wildman–Crippen MR) is 90.3 cm³/mol. The maximum atomic E-state index is 6.38. The van der Waals surface area contributed by atoms with Gasteiger partial charge in [0.25, 0.3) is 0 Å². The summed E-state index contributed by atoms with van der Waals surface area (Å²) < 4.78 is 5.70. The number of rotatable bonds is 8. The molecule has 0 aromatic heterocycles. The van der Waals surface area contributed by atoms with Crippen molar-refractivity contribution < 1.29 is 4.74 Å². The molecule has 118 valence electrons. The molecular weight excluding hydrogens is 305 g/mol. The van der Waals surface area contributed by atoms with E-state index >= 15 is 0 Å². The van der Waals surface area contributed by atoms with E-state index in [9.17, 15) is 0 Å². The second kappa shape index (κ2) is 8.99. The van der Waals surface area contributed by atoms with Crippen molar-refractivity contribution in [3.8, 4) is 0 Å². The summed E-state index contributed by atoms with van der Waals surface area (Å²) in [6.45, 7) is 4.10. The third kappa shape index (κ3) is 5.14. The van der Waals surface area contributed by atoms with E-state index in [0.717, 1.165) is 44.4 Å². The first-order chi connectivity index (χ1) is 10.2. The molecule has 1 N–H and O–H groups in total. The average molecular weight is 330 g/mol. The molecule has 1 aromatic carbocycles. The van der Waals surface area contributed by atoms with Crippen LogP contribution in [0.5, 0.6) is 0 Å². The second-order valence-corrected chi connectivity index (χ2v) is 6.50. The van der Waals surface area contributed by atoms with Gasteiger partial charge in [-0.3, -0.25) is 0 Å². The molecule has 4 heteroatoms. The Morgan fingerprint density at radius 1 is 1.38 bits per heavy atom. The van der Waals surface area contributed by atoms with Gasteiger partial charge in [0.2, 0.25) is 0 Å². The molecule has 0 aliphatic carbocycles. The van der Waals surface area contributed by atoms with Crippen molar-refractivity contribution in [3.63, 3.8) is 0 Å². The summed E-state index contributed by atoms with van der Waals surface area (Å²) >= 11 is 12.5. The third-order valence-corrected chi connectivity index (χ3v) is 4.87. The molecule has 0 amide bonds. The first-order valence-electron chi connectivity index (χ1n) is 8.01. The Bertz CT molecular complexity index is 433. The van der Waals surface area contributed by atoms with Crippen molar-refractivity contribution in [3.05, 3.63) is 33.8 Å². The quantitative estimate of drug-likeness (QED) is 0.690. The van der Waals surface area contributed by atoms with Crippen LogP contribution in [-0.2, 0) is 4.74 Å². The van der Waals surface area contributed by atoms with Crippen LogP contribution in [0.1, 0.15) is 57.1 Å². The molecule has 0 radical (unpaired) electrons. The summed E-state index contributed by atoms with van der Waals surface area (Å²) in [6.07, 6.45) is 7.36. The Morgan fingerprint density at radius 2 is 2.24 bits per heavy atom. The Hall–Kier alpha value is -0.280. The number of halogens is 2. The minimum Gasteiger partial charge on any atom is -0.378 e. The lowest BCUT2D eigenvalue weighted by atomic mass is 9.99. The van der Waals surface area contributed by atoms with Gasteiger partial charge in [-0.15, -0.1) is 0 Å². The van der Waals surface area contributed by atoms with Gasteiger partial charge in [-0.1, -0.05) is 42.3 Å². The normalized spacial score (nSPS) is 19.9. The van der Waals surface area contributed by atoms with Crippen molar-refractivity contribution in [1.29, 1.82) is 0 Å². The van der Waals surface area contributed by atoms with Crippen molar-refractivity contribution in [2.45, 2.75) is 57.6 Å². The zero-order valence-electron chi connectivity index (χ0n) is 12.7. The van der Waals surface area contributed by atoms with Gasteiger partial charge >= 0.3 is 0 Å². The molecule has 1 aliphatic heterocycles. The molecule has 2 rings (SSSR count). The number of hydrogen-bond donors (Lipinski definition) is 1. The lowest BCUT2D eigenvalue weighted by Crippen LogP contribution is -2.23. The first-order valence-corrected chi connectivity index (χ1v) is 8.77. The molecular formula is C17H25Cl2NO. The molecule has 0 spiro atoms. The number of benzene rings is 1. The van der Waals surface area contributed by atoms with Crippen LogP contribution < -0.4 is 5.32 Å². The Labute approximate surface area is 138 Å². The fourth-order valence-corrected chi connectivity index (χ4v) is 3.34. The Kier molecular flexibility index (Phi) is 7.31. The van der Waals surface area contributed by atoms with E-state index in [0.29, 0.717) is 16.1 Å². The van der Waals surface area contributed by atoms with Crippen LogP contribution in [0.2, 0.25) is 10.0 Å². The Balaban J connectivity index is 1.94. The van der Waals surface area contributed by atoms with Crippen molar-refractivity contribution in [2.75, 3.05) is 13.2 Å². The van der Waals surface area contributed by atoms with E-state index in [1.54, 1.807) is 0 Å². The molecule has 1 saturated heterocycles.